The summed E-state index contributed by atoms with van der Waals surface area (Å²) in [5.74, 6) is -0.933. The van der Waals surface area contributed by atoms with Crippen LogP contribution >= 0.6 is 7.82 Å². The summed E-state index contributed by atoms with van der Waals surface area (Å²) in [4.78, 5) is 42.0. The molecular weight excluding hydrogens is 757 g/mol. The average molecular weight is 842 g/mol. The van der Waals surface area contributed by atoms with Crippen LogP contribution in [0.25, 0.3) is 0 Å². The van der Waals surface area contributed by atoms with Crippen molar-refractivity contribution in [3.8, 4) is 0 Å². The van der Waals surface area contributed by atoms with Gasteiger partial charge in [-0.15, -0.1) is 0 Å². The van der Waals surface area contributed by atoms with Crippen molar-refractivity contribution in [3.05, 3.63) is 48.6 Å². The van der Waals surface area contributed by atoms with Crippen LogP contribution in [-0.2, 0) is 37.6 Å². The second-order valence-corrected chi connectivity index (χ2v) is 17.8. The second kappa shape index (κ2) is 39.1. The Morgan fingerprint density at radius 3 is 1.78 bits per heavy atom. The molecule has 58 heavy (non-hydrogen) atoms. The summed E-state index contributed by atoms with van der Waals surface area (Å²) < 4.78 is 33.8. The van der Waals surface area contributed by atoms with Crippen LogP contribution in [0.3, 0.4) is 0 Å². The molecule has 0 aliphatic heterocycles. The molecule has 0 rings (SSSR count). The van der Waals surface area contributed by atoms with Crippen molar-refractivity contribution in [2.75, 3.05) is 47.5 Å². The number of nitrogens with zero attached hydrogens (tertiary/aromatic N) is 1. The van der Waals surface area contributed by atoms with Crippen LogP contribution < -0.4 is 4.89 Å². The quantitative estimate of drug-likeness (QED) is 0.00924. The predicted molar refractivity (Wildman–Crippen MR) is 234 cm³/mol. The van der Waals surface area contributed by atoms with E-state index >= 15 is 0 Å². The van der Waals surface area contributed by atoms with E-state index < -0.39 is 32.5 Å². The number of esters is 2. The van der Waals surface area contributed by atoms with Gasteiger partial charge in [-0.2, -0.15) is 0 Å². The minimum atomic E-state index is -4.65. The largest absolute Gasteiger partial charge is 0.756 e. The Bertz CT molecular complexity index is 1150. The molecule has 0 bridgehead atoms. The highest BCUT2D eigenvalue weighted by molar-refractivity contribution is 7.45. The van der Waals surface area contributed by atoms with Gasteiger partial charge >= 0.3 is 11.9 Å². The first-order valence-corrected chi connectivity index (χ1v) is 24.1. The fraction of sp³-hybridized carbons (Fsp3) is 0.783. The molecule has 0 saturated heterocycles. The van der Waals surface area contributed by atoms with Crippen LogP contribution in [0.5, 0.6) is 0 Å². The molecule has 0 radical (unpaired) electrons. The number of phosphoric ester groups is 1. The van der Waals surface area contributed by atoms with E-state index in [0.717, 1.165) is 51.4 Å². The number of likely N-dealkylation sites (N-methyl/N-ethyl adjacent to an activating group) is 1. The maximum atomic E-state index is 12.7. The average Bonchev–Trinajstić information content (AvgIpc) is 3.17. The first-order valence-electron chi connectivity index (χ1n) is 22.6. The van der Waals surface area contributed by atoms with E-state index in [9.17, 15) is 19.0 Å². The van der Waals surface area contributed by atoms with E-state index in [2.05, 4.69) is 30.9 Å². The predicted octanol–water partition coefficient (Wildman–Crippen LogP) is 11.5. The van der Waals surface area contributed by atoms with E-state index in [1.165, 1.54) is 77.0 Å². The van der Waals surface area contributed by atoms with Gasteiger partial charge in [-0.1, -0.05) is 172 Å². The minimum Gasteiger partial charge on any atom is -0.756 e. The molecule has 0 aliphatic rings. The molecule has 338 valence electrons. The van der Waals surface area contributed by atoms with Gasteiger partial charge in [0.1, 0.15) is 25.9 Å². The number of allylic oxidation sites excluding steroid dienone is 7. The zero-order valence-electron chi connectivity index (χ0n) is 37.3. The summed E-state index contributed by atoms with van der Waals surface area (Å²) in [6.07, 6.45) is 40.3. The minimum absolute atomic E-state index is 0.0527. The number of ether oxygens (including phenoxy) is 2. The van der Waals surface area contributed by atoms with Gasteiger partial charge in [-0.05, 0) is 38.5 Å². The van der Waals surface area contributed by atoms with Crippen molar-refractivity contribution in [3.63, 3.8) is 0 Å². The zero-order chi connectivity index (χ0) is 43.0. The van der Waals surface area contributed by atoms with Crippen LogP contribution in [-0.4, -0.2) is 81.4 Å². The molecule has 1 unspecified atom stereocenters. The number of unbranched alkanes of at least 4 members (excludes halogenated alkanes) is 17. The van der Waals surface area contributed by atoms with Gasteiger partial charge in [0, 0.05) is 12.8 Å². The van der Waals surface area contributed by atoms with E-state index in [4.69, 9.17) is 23.8 Å². The van der Waals surface area contributed by atoms with Crippen molar-refractivity contribution < 1.29 is 52.2 Å². The summed E-state index contributed by atoms with van der Waals surface area (Å²) in [7, 11) is 1.09. The SMILES string of the molecule is CCCCCCCCCCCCCCCCCC(=O)OC[C@H](COP(=O)([O-])OCC[N+](C)(C)C)OC(=O)CCC/C=C\C/C=C\C/C=C\C=C\[C@H](CCCCC)OO. The lowest BCUT2D eigenvalue weighted by molar-refractivity contribution is -0.870. The van der Waals surface area contributed by atoms with Crippen LogP contribution in [0, 0.1) is 0 Å². The normalized spacial score (nSPS) is 14.5. The Kier molecular flexibility index (Phi) is 37.6. The molecule has 12 heteroatoms. The number of hydrogen-bond donors (Lipinski definition) is 1. The maximum absolute atomic E-state index is 12.7. The topological polar surface area (TPSA) is 141 Å². The molecular formula is C46H84NO10P. The Labute approximate surface area is 353 Å². The summed E-state index contributed by atoms with van der Waals surface area (Å²) in [5.41, 5.74) is 0. The number of hydrogen-bond acceptors (Lipinski definition) is 10. The Hall–Kier alpha value is -2.11. The first-order chi connectivity index (χ1) is 27.9. The Morgan fingerprint density at radius 1 is 0.655 bits per heavy atom. The summed E-state index contributed by atoms with van der Waals surface area (Å²) in [6.45, 7) is 4.00. The molecule has 0 aromatic heterocycles. The number of quaternary nitrogens is 1. The van der Waals surface area contributed by atoms with E-state index in [1.54, 1.807) is 0 Å². The molecule has 0 aliphatic carbocycles. The van der Waals surface area contributed by atoms with Gasteiger partial charge in [0.25, 0.3) is 7.82 Å². The fourth-order valence-electron chi connectivity index (χ4n) is 5.95. The molecule has 0 aromatic rings. The van der Waals surface area contributed by atoms with Gasteiger partial charge in [0.2, 0.25) is 0 Å². The first kappa shape index (κ1) is 55.9. The van der Waals surface area contributed by atoms with Gasteiger partial charge in [-0.3, -0.25) is 19.4 Å². The summed E-state index contributed by atoms with van der Waals surface area (Å²) in [5, 5.41) is 9.00. The van der Waals surface area contributed by atoms with Crippen molar-refractivity contribution in [2.24, 2.45) is 0 Å². The van der Waals surface area contributed by atoms with Crippen LogP contribution in [0.15, 0.2) is 48.6 Å². The summed E-state index contributed by atoms with van der Waals surface area (Å²) >= 11 is 0. The third-order valence-electron chi connectivity index (χ3n) is 9.57. The lowest BCUT2D eigenvalue weighted by Gasteiger charge is -2.28. The highest BCUT2D eigenvalue weighted by Gasteiger charge is 2.21. The van der Waals surface area contributed by atoms with Crippen LogP contribution in [0.4, 0.5) is 0 Å². The Morgan fingerprint density at radius 2 is 1.19 bits per heavy atom. The fourth-order valence-corrected chi connectivity index (χ4v) is 6.68. The summed E-state index contributed by atoms with van der Waals surface area (Å²) in [6, 6.07) is 0. The molecule has 11 nitrogen and oxygen atoms in total. The van der Waals surface area contributed by atoms with Gasteiger partial charge < -0.3 is 27.9 Å². The molecule has 0 amide bonds. The van der Waals surface area contributed by atoms with Gasteiger partial charge in [0.15, 0.2) is 6.10 Å². The molecule has 3 atom stereocenters. The van der Waals surface area contributed by atoms with Crippen molar-refractivity contribution in [2.45, 2.75) is 187 Å². The number of carbonyl (C=O) groups excluding carboxylic acids is 2. The lowest BCUT2D eigenvalue weighted by atomic mass is 10.0. The third kappa shape index (κ3) is 40.7. The molecule has 0 aromatic carbocycles. The molecule has 0 saturated carbocycles. The van der Waals surface area contributed by atoms with E-state index in [0.29, 0.717) is 30.3 Å². The van der Waals surface area contributed by atoms with Crippen molar-refractivity contribution >= 4 is 19.8 Å². The molecule has 0 spiro atoms. The number of carbonyl (C=O) groups is 2. The van der Waals surface area contributed by atoms with Gasteiger partial charge in [-0.25, -0.2) is 4.89 Å². The monoisotopic (exact) mass is 842 g/mol. The highest BCUT2D eigenvalue weighted by atomic mass is 31.2. The maximum Gasteiger partial charge on any atom is 0.306 e. The highest BCUT2D eigenvalue weighted by Crippen LogP contribution is 2.38. The number of rotatable bonds is 41. The second-order valence-electron chi connectivity index (χ2n) is 16.3. The molecule has 1 N–H and O–H groups in total. The zero-order valence-corrected chi connectivity index (χ0v) is 38.2. The van der Waals surface area contributed by atoms with Crippen LogP contribution in [0.1, 0.15) is 174 Å². The number of phosphoric acid groups is 1. The van der Waals surface area contributed by atoms with E-state index in [-0.39, 0.29) is 32.2 Å². The molecule has 0 fully saturated rings. The lowest BCUT2D eigenvalue weighted by Crippen LogP contribution is -2.37. The third-order valence-corrected chi connectivity index (χ3v) is 10.5. The van der Waals surface area contributed by atoms with Crippen molar-refractivity contribution in [1.82, 2.24) is 0 Å². The smallest absolute Gasteiger partial charge is 0.306 e. The van der Waals surface area contributed by atoms with Crippen LogP contribution in [0.2, 0.25) is 0 Å². The van der Waals surface area contributed by atoms with Gasteiger partial charge in [0.05, 0.1) is 27.7 Å². The van der Waals surface area contributed by atoms with E-state index in [1.807, 2.05) is 57.6 Å². The van der Waals surface area contributed by atoms with Crippen molar-refractivity contribution in [1.29, 1.82) is 0 Å². The molecule has 0 heterocycles. The Balaban J connectivity index is 4.51. The standard InChI is InChI=1S/C46H84NO10P/c1-6-8-10-11-12-13-14-15-16-17-20-23-26-29-33-37-45(48)53-41-44(42-55-58(51,52)54-40-39-47(3,4)5)56-46(49)38-34-30-27-24-21-18-19-22-25-28-32-36-43(57-50)35-31-9-7-2/h18-19,24-25,27-28,32,36,43-44H,6-17,20-23,26,29-31,33-35,37-42H2,1-5H3,(H-,50,51,52)/b19-18-,27-24-,28-25-,36-32+/t43-,44+/m0/s1.